The molecule has 1 rings (SSSR count). The molecule has 0 spiro atoms. The molecule has 4 nitrogen and oxygen atoms in total. The van der Waals surface area contributed by atoms with Crippen LogP contribution < -0.4 is 10.6 Å². The summed E-state index contributed by atoms with van der Waals surface area (Å²) in [5.41, 5.74) is 0. The largest absolute Gasteiger partial charge is 0.405 e. The Labute approximate surface area is 98.5 Å². The zero-order chi connectivity index (χ0) is 12.9. The first-order valence-electron chi connectivity index (χ1n) is 5.63. The van der Waals surface area contributed by atoms with E-state index in [0.717, 1.165) is 25.9 Å². The van der Waals surface area contributed by atoms with E-state index < -0.39 is 18.6 Å². The Hall–Kier alpha value is -0.820. The molecule has 0 aliphatic carbocycles. The van der Waals surface area contributed by atoms with Crippen LogP contribution in [0.15, 0.2) is 0 Å². The van der Waals surface area contributed by atoms with Gasteiger partial charge in [-0.3, -0.25) is 9.69 Å². The van der Waals surface area contributed by atoms with Gasteiger partial charge in [0.25, 0.3) is 0 Å². The monoisotopic (exact) mass is 253 g/mol. The Morgan fingerprint density at radius 2 is 2.24 bits per heavy atom. The SMILES string of the molecule is CN(CC(=O)NCC(F)(F)F)C1CCCNC1. The van der Waals surface area contributed by atoms with E-state index in [9.17, 15) is 18.0 Å². The van der Waals surface area contributed by atoms with Crippen LogP contribution in [-0.4, -0.2) is 56.3 Å². The number of hydrogen-bond acceptors (Lipinski definition) is 3. The fourth-order valence-electron chi connectivity index (χ4n) is 1.82. The van der Waals surface area contributed by atoms with Crippen molar-refractivity contribution in [2.24, 2.45) is 0 Å². The molecule has 1 atom stereocenters. The number of likely N-dealkylation sites (N-methyl/N-ethyl adjacent to an activating group) is 1. The number of nitrogens with zero attached hydrogens (tertiary/aromatic N) is 1. The van der Waals surface area contributed by atoms with Gasteiger partial charge in [-0.15, -0.1) is 0 Å². The van der Waals surface area contributed by atoms with Crippen LogP contribution in [0.4, 0.5) is 13.2 Å². The van der Waals surface area contributed by atoms with Crippen molar-refractivity contribution in [3.63, 3.8) is 0 Å². The van der Waals surface area contributed by atoms with Crippen molar-refractivity contribution in [1.82, 2.24) is 15.5 Å². The minimum Gasteiger partial charge on any atom is -0.346 e. The number of halogens is 3. The molecular formula is C10H18F3N3O. The van der Waals surface area contributed by atoms with Crippen molar-refractivity contribution in [3.05, 3.63) is 0 Å². The molecule has 0 saturated carbocycles. The second-order valence-corrected chi connectivity index (χ2v) is 4.31. The van der Waals surface area contributed by atoms with Gasteiger partial charge in [-0.05, 0) is 26.4 Å². The lowest BCUT2D eigenvalue weighted by molar-refractivity contribution is -0.139. The maximum Gasteiger partial charge on any atom is 0.405 e. The summed E-state index contributed by atoms with van der Waals surface area (Å²) in [5, 5.41) is 5.06. The standard InChI is InChI=1S/C10H18F3N3O/c1-16(8-3-2-4-14-5-8)6-9(17)15-7-10(11,12)13/h8,14H,2-7H2,1H3,(H,15,17). The lowest BCUT2D eigenvalue weighted by Crippen LogP contribution is -2.48. The molecule has 1 aliphatic heterocycles. The zero-order valence-electron chi connectivity index (χ0n) is 9.81. The predicted molar refractivity (Wildman–Crippen MR) is 57.6 cm³/mol. The van der Waals surface area contributed by atoms with E-state index in [4.69, 9.17) is 0 Å². The van der Waals surface area contributed by atoms with Gasteiger partial charge in [0.1, 0.15) is 6.54 Å². The minimum absolute atomic E-state index is 0.00241. The highest BCUT2D eigenvalue weighted by atomic mass is 19.4. The summed E-state index contributed by atoms with van der Waals surface area (Å²) in [7, 11) is 1.75. The van der Waals surface area contributed by atoms with E-state index in [2.05, 4.69) is 5.32 Å². The third-order valence-electron chi connectivity index (χ3n) is 2.77. The minimum atomic E-state index is -4.35. The van der Waals surface area contributed by atoms with Crippen LogP contribution in [0, 0.1) is 0 Å². The van der Waals surface area contributed by atoms with Crippen molar-refractivity contribution in [3.8, 4) is 0 Å². The number of nitrogens with one attached hydrogen (secondary N) is 2. The van der Waals surface area contributed by atoms with Gasteiger partial charge in [-0.2, -0.15) is 13.2 Å². The van der Waals surface area contributed by atoms with Gasteiger partial charge in [-0.25, -0.2) is 0 Å². The predicted octanol–water partition coefficient (Wildman–Crippen LogP) is 0.349. The molecule has 1 heterocycles. The lowest BCUT2D eigenvalue weighted by atomic mass is 10.1. The van der Waals surface area contributed by atoms with Gasteiger partial charge in [0.15, 0.2) is 0 Å². The van der Waals surface area contributed by atoms with Crippen LogP contribution in [0.5, 0.6) is 0 Å². The van der Waals surface area contributed by atoms with Crippen LogP contribution in [0.25, 0.3) is 0 Å². The average Bonchev–Trinajstić information content (AvgIpc) is 2.27. The Morgan fingerprint density at radius 1 is 1.53 bits per heavy atom. The molecule has 1 amide bonds. The van der Waals surface area contributed by atoms with Gasteiger partial charge in [-0.1, -0.05) is 0 Å². The normalized spacial score (nSPS) is 21.6. The molecule has 2 N–H and O–H groups in total. The molecule has 0 aromatic heterocycles. The highest BCUT2D eigenvalue weighted by Crippen LogP contribution is 2.12. The van der Waals surface area contributed by atoms with Crippen molar-refractivity contribution in [2.45, 2.75) is 25.1 Å². The lowest BCUT2D eigenvalue weighted by Gasteiger charge is -2.31. The van der Waals surface area contributed by atoms with E-state index in [1.165, 1.54) is 0 Å². The molecule has 1 unspecified atom stereocenters. The average molecular weight is 253 g/mol. The molecule has 0 aromatic rings. The highest BCUT2D eigenvalue weighted by molar-refractivity contribution is 5.78. The summed E-state index contributed by atoms with van der Waals surface area (Å²) in [6, 6.07) is 0.223. The van der Waals surface area contributed by atoms with Crippen LogP contribution in [0.1, 0.15) is 12.8 Å². The molecule has 100 valence electrons. The first-order valence-corrected chi connectivity index (χ1v) is 5.63. The summed E-state index contributed by atoms with van der Waals surface area (Å²) in [6.07, 6.45) is -2.35. The molecule has 17 heavy (non-hydrogen) atoms. The van der Waals surface area contributed by atoms with Crippen LogP contribution >= 0.6 is 0 Å². The molecule has 0 bridgehead atoms. The zero-order valence-corrected chi connectivity index (χ0v) is 9.81. The Balaban J connectivity index is 2.25. The van der Waals surface area contributed by atoms with Gasteiger partial charge in [0.05, 0.1) is 6.54 Å². The number of amides is 1. The van der Waals surface area contributed by atoms with Crippen LogP contribution in [0.3, 0.4) is 0 Å². The summed E-state index contributed by atoms with van der Waals surface area (Å²) < 4.78 is 35.6. The maximum absolute atomic E-state index is 11.9. The number of hydrogen-bond donors (Lipinski definition) is 2. The van der Waals surface area contributed by atoms with E-state index in [0.29, 0.717) is 0 Å². The van der Waals surface area contributed by atoms with E-state index in [-0.39, 0.29) is 12.6 Å². The Bertz CT molecular complexity index is 252. The van der Waals surface area contributed by atoms with E-state index in [1.54, 1.807) is 11.9 Å². The fourth-order valence-corrected chi connectivity index (χ4v) is 1.82. The van der Waals surface area contributed by atoms with Crippen LogP contribution in [0.2, 0.25) is 0 Å². The summed E-state index contributed by atoms with van der Waals surface area (Å²) in [5.74, 6) is -0.588. The number of carbonyl (C=O) groups excluding carboxylic acids is 1. The third kappa shape index (κ3) is 5.88. The second-order valence-electron chi connectivity index (χ2n) is 4.31. The van der Waals surface area contributed by atoms with Crippen LogP contribution in [-0.2, 0) is 4.79 Å². The molecule has 7 heteroatoms. The smallest absolute Gasteiger partial charge is 0.346 e. The Morgan fingerprint density at radius 3 is 2.76 bits per heavy atom. The first-order chi connectivity index (χ1) is 7.88. The van der Waals surface area contributed by atoms with E-state index >= 15 is 0 Å². The van der Waals surface area contributed by atoms with Crippen molar-refractivity contribution in [1.29, 1.82) is 0 Å². The third-order valence-corrected chi connectivity index (χ3v) is 2.77. The quantitative estimate of drug-likeness (QED) is 0.760. The first kappa shape index (κ1) is 14.2. The summed E-state index contributed by atoms with van der Waals surface area (Å²) in [4.78, 5) is 13.1. The number of piperidine rings is 1. The molecule has 0 aromatic carbocycles. The Kier molecular flexibility index (Phi) is 5.20. The number of rotatable bonds is 4. The van der Waals surface area contributed by atoms with Gasteiger partial charge in [0.2, 0.25) is 5.91 Å². The molecule has 1 aliphatic rings. The number of carbonyl (C=O) groups is 1. The highest BCUT2D eigenvalue weighted by Gasteiger charge is 2.28. The van der Waals surface area contributed by atoms with E-state index in [1.807, 2.05) is 5.32 Å². The van der Waals surface area contributed by atoms with Gasteiger partial charge >= 0.3 is 6.18 Å². The van der Waals surface area contributed by atoms with Crippen molar-refractivity contribution < 1.29 is 18.0 Å². The van der Waals surface area contributed by atoms with Crippen molar-refractivity contribution >= 4 is 5.91 Å². The maximum atomic E-state index is 11.9. The summed E-state index contributed by atoms with van der Waals surface area (Å²) in [6.45, 7) is 0.485. The molecule has 1 fully saturated rings. The molecular weight excluding hydrogens is 235 g/mol. The molecule has 1 saturated heterocycles. The van der Waals surface area contributed by atoms with Gasteiger partial charge < -0.3 is 10.6 Å². The topological polar surface area (TPSA) is 44.4 Å². The number of alkyl halides is 3. The fraction of sp³-hybridized carbons (Fsp3) is 0.900. The van der Waals surface area contributed by atoms with Crippen molar-refractivity contribution in [2.75, 3.05) is 33.2 Å². The second kappa shape index (κ2) is 6.20. The summed E-state index contributed by atoms with van der Waals surface area (Å²) >= 11 is 0. The molecule has 0 radical (unpaired) electrons. The van der Waals surface area contributed by atoms with Gasteiger partial charge in [0, 0.05) is 12.6 Å².